The first-order chi connectivity index (χ1) is 7.86. The molecule has 0 saturated heterocycles. The first-order valence-corrected chi connectivity index (χ1v) is 5.96. The third-order valence-electron chi connectivity index (χ3n) is 2.07. The van der Waals surface area contributed by atoms with Crippen molar-refractivity contribution >= 4 is 24.0 Å². The molecule has 1 rings (SSSR count). The highest BCUT2D eigenvalue weighted by Gasteiger charge is 1.95. The molecule has 0 aliphatic heterocycles. The number of ether oxygens (including phenoxy) is 2. The molecule has 0 unspecified atom stereocenters. The molecule has 1 aromatic rings. The van der Waals surface area contributed by atoms with Crippen LogP contribution in [0.4, 0.5) is 0 Å². The van der Waals surface area contributed by atoms with Gasteiger partial charge in [-0.1, -0.05) is 12.1 Å². The van der Waals surface area contributed by atoms with Gasteiger partial charge >= 0.3 is 0 Å². The molecule has 17 heavy (non-hydrogen) atoms. The van der Waals surface area contributed by atoms with E-state index >= 15 is 0 Å². The average molecular weight is 280 g/mol. The molecule has 5 heteroatoms. The number of halogens is 2. The average Bonchev–Trinajstić information content (AvgIpc) is 2.31. The summed E-state index contributed by atoms with van der Waals surface area (Å²) in [5.74, 6) is 1.50. The highest BCUT2D eigenvalue weighted by molar-refractivity contribution is 6.17. The Morgan fingerprint density at radius 3 is 2.35 bits per heavy atom. The zero-order valence-corrected chi connectivity index (χ0v) is 11.3. The number of nitrogens with two attached hydrogens (primary N) is 1. The van der Waals surface area contributed by atoms with E-state index in [-0.39, 0.29) is 12.4 Å². The molecular formula is C12H19Cl2NO2. The topological polar surface area (TPSA) is 44.5 Å². The molecule has 3 nitrogen and oxygen atoms in total. The summed E-state index contributed by atoms with van der Waals surface area (Å²) < 4.78 is 10.7. The van der Waals surface area contributed by atoms with Crippen LogP contribution in [0.15, 0.2) is 24.3 Å². The van der Waals surface area contributed by atoms with Gasteiger partial charge in [0, 0.05) is 12.4 Å². The maximum atomic E-state index is 5.65. The Labute approximate surface area is 114 Å². The lowest BCUT2D eigenvalue weighted by Gasteiger charge is -2.07. The summed E-state index contributed by atoms with van der Waals surface area (Å²) in [7, 11) is 0. The Bertz CT molecular complexity index is 280. The molecule has 0 saturated carbocycles. The van der Waals surface area contributed by atoms with Crippen molar-refractivity contribution in [3.05, 3.63) is 29.8 Å². The van der Waals surface area contributed by atoms with E-state index in [2.05, 4.69) is 0 Å². The van der Waals surface area contributed by atoms with Crippen molar-refractivity contribution in [2.45, 2.75) is 6.42 Å². The van der Waals surface area contributed by atoms with Crippen molar-refractivity contribution < 1.29 is 9.47 Å². The van der Waals surface area contributed by atoms with E-state index in [9.17, 15) is 0 Å². The maximum Gasteiger partial charge on any atom is 0.119 e. The lowest BCUT2D eigenvalue weighted by Crippen LogP contribution is -2.13. The van der Waals surface area contributed by atoms with Gasteiger partial charge in [-0.2, -0.15) is 0 Å². The summed E-state index contributed by atoms with van der Waals surface area (Å²) in [6.45, 7) is 2.25. The Morgan fingerprint density at radius 1 is 1.06 bits per heavy atom. The Hall–Kier alpha value is -0.480. The Balaban J connectivity index is 0.00000256. The van der Waals surface area contributed by atoms with Gasteiger partial charge in [-0.15, -0.1) is 24.0 Å². The van der Waals surface area contributed by atoms with Crippen LogP contribution in [0.1, 0.15) is 5.56 Å². The first-order valence-electron chi connectivity index (χ1n) is 5.42. The predicted octanol–water partition coefficient (Wildman–Crippen LogP) is 2.24. The van der Waals surface area contributed by atoms with Gasteiger partial charge in [0.25, 0.3) is 0 Å². The summed E-state index contributed by atoms with van der Waals surface area (Å²) in [5, 5.41) is 0. The number of hydrogen-bond acceptors (Lipinski definition) is 3. The zero-order valence-electron chi connectivity index (χ0n) is 9.73. The van der Waals surface area contributed by atoms with Gasteiger partial charge < -0.3 is 15.2 Å². The van der Waals surface area contributed by atoms with Gasteiger partial charge in [0.2, 0.25) is 0 Å². The molecular weight excluding hydrogens is 261 g/mol. The fourth-order valence-corrected chi connectivity index (χ4v) is 1.48. The summed E-state index contributed by atoms with van der Waals surface area (Å²) in [5.41, 5.74) is 6.51. The quantitative estimate of drug-likeness (QED) is 0.586. The van der Waals surface area contributed by atoms with Crippen LogP contribution in [0.3, 0.4) is 0 Å². The standard InChI is InChI=1S/C12H18ClNO2.ClH/c13-6-5-11-1-3-12(4-2-11)16-10-9-15-8-7-14;/h1-4H,5-10,14H2;1H. The Morgan fingerprint density at radius 2 is 1.76 bits per heavy atom. The highest BCUT2D eigenvalue weighted by Crippen LogP contribution is 2.12. The number of hydrogen-bond donors (Lipinski definition) is 1. The maximum absolute atomic E-state index is 5.65. The summed E-state index contributed by atoms with van der Waals surface area (Å²) in [4.78, 5) is 0. The van der Waals surface area contributed by atoms with E-state index in [0.29, 0.717) is 32.2 Å². The predicted molar refractivity (Wildman–Crippen MR) is 73.5 cm³/mol. The van der Waals surface area contributed by atoms with Crippen LogP contribution in [0, 0.1) is 0 Å². The van der Waals surface area contributed by atoms with Crippen LogP contribution >= 0.6 is 24.0 Å². The molecule has 0 spiro atoms. The van der Waals surface area contributed by atoms with Gasteiger partial charge in [0.15, 0.2) is 0 Å². The van der Waals surface area contributed by atoms with E-state index < -0.39 is 0 Å². The summed E-state index contributed by atoms with van der Waals surface area (Å²) in [6.07, 6.45) is 0.890. The number of rotatable bonds is 8. The fraction of sp³-hybridized carbons (Fsp3) is 0.500. The van der Waals surface area contributed by atoms with Crippen LogP contribution in [0.25, 0.3) is 0 Å². The smallest absolute Gasteiger partial charge is 0.119 e. The molecule has 0 aromatic heterocycles. The zero-order chi connectivity index (χ0) is 11.6. The summed E-state index contributed by atoms with van der Waals surface area (Å²) >= 11 is 5.65. The molecule has 98 valence electrons. The van der Waals surface area contributed by atoms with Gasteiger partial charge in [0.05, 0.1) is 13.2 Å². The van der Waals surface area contributed by atoms with Crippen molar-refractivity contribution in [1.82, 2.24) is 0 Å². The Kier molecular flexibility index (Phi) is 10.4. The molecule has 0 amide bonds. The molecule has 0 aliphatic rings. The van der Waals surface area contributed by atoms with E-state index in [1.54, 1.807) is 0 Å². The minimum atomic E-state index is 0. The first kappa shape index (κ1) is 16.5. The van der Waals surface area contributed by atoms with Gasteiger partial charge in [0.1, 0.15) is 12.4 Å². The van der Waals surface area contributed by atoms with Gasteiger partial charge in [-0.05, 0) is 24.1 Å². The van der Waals surface area contributed by atoms with Crippen molar-refractivity contribution in [3.8, 4) is 5.75 Å². The molecule has 0 fully saturated rings. The minimum Gasteiger partial charge on any atom is -0.491 e. The molecule has 0 atom stereocenters. The lowest BCUT2D eigenvalue weighted by atomic mass is 10.2. The van der Waals surface area contributed by atoms with Crippen molar-refractivity contribution in [2.24, 2.45) is 5.73 Å². The second-order valence-electron chi connectivity index (χ2n) is 3.33. The number of aryl methyl sites for hydroxylation is 1. The molecule has 0 aliphatic carbocycles. The molecule has 1 aromatic carbocycles. The van der Waals surface area contributed by atoms with E-state index in [1.807, 2.05) is 24.3 Å². The van der Waals surface area contributed by atoms with Crippen LogP contribution in [-0.2, 0) is 11.2 Å². The van der Waals surface area contributed by atoms with Crippen LogP contribution in [0.5, 0.6) is 5.75 Å². The van der Waals surface area contributed by atoms with Gasteiger partial charge in [-0.3, -0.25) is 0 Å². The lowest BCUT2D eigenvalue weighted by molar-refractivity contribution is 0.106. The van der Waals surface area contributed by atoms with Crippen molar-refractivity contribution in [2.75, 3.05) is 32.2 Å². The third-order valence-corrected chi connectivity index (χ3v) is 2.25. The summed E-state index contributed by atoms with van der Waals surface area (Å²) in [6, 6.07) is 7.95. The van der Waals surface area contributed by atoms with Gasteiger partial charge in [-0.25, -0.2) is 0 Å². The third kappa shape index (κ3) is 7.45. The van der Waals surface area contributed by atoms with E-state index in [0.717, 1.165) is 12.2 Å². The van der Waals surface area contributed by atoms with Crippen molar-refractivity contribution in [3.63, 3.8) is 0 Å². The van der Waals surface area contributed by atoms with E-state index in [4.69, 9.17) is 26.8 Å². The van der Waals surface area contributed by atoms with Crippen LogP contribution in [-0.4, -0.2) is 32.2 Å². The number of benzene rings is 1. The second-order valence-corrected chi connectivity index (χ2v) is 3.71. The second kappa shape index (κ2) is 10.7. The SMILES string of the molecule is Cl.NCCOCCOc1ccc(CCCl)cc1. The molecule has 0 radical (unpaired) electrons. The number of alkyl halides is 1. The van der Waals surface area contributed by atoms with E-state index in [1.165, 1.54) is 5.56 Å². The van der Waals surface area contributed by atoms with Crippen LogP contribution < -0.4 is 10.5 Å². The molecule has 0 bridgehead atoms. The van der Waals surface area contributed by atoms with Crippen LogP contribution in [0.2, 0.25) is 0 Å². The molecule has 0 heterocycles. The highest BCUT2D eigenvalue weighted by atomic mass is 35.5. The minimum absolute atomic E-state index is 0. The fourth-order valence-electron chi connectivity index (χ4n) is 1.27. The molecule has 2 N–H and O–H groups in total. The monoisotopic (exact) mass is 279 g/mol. The largest absolute Gasteiger partial charge is 0.491 e. The van der Waals surface area contributed by atoms with Crippen molar-refractivity contribution in [1.29, 1.82) is 0 Å². The normalized spacial score (nSPS) is 9.76.